The third kappa shape index (κ3) is 2.56. The zero-order valence-corrected chi connectivity index (χ0v) is 13.0. The zero-order valence-electron chi connectivity index (χ0n) is 13.0. The van der Waals surface area contributed by atoms with Gasteiger partial charge in [0.05, 0.1) is 12.0 Å². The average Bonchev–Trinajstić information content (AvgIpc) is 2.97. The summed E-state index contributed by atoms with van der Waals surface area (Å²) in [4.78, 5) is 24.6. The van der Waals surface area contributed by atoms with Gasteiger partial charge >= 0.3 is 0 Å². The number of benzene rings is 2. The quantitative estimate of drug-likeness (QED) is 0.892. The molecule has 0 saturated heterocycles. The topological polar surface area (TPSA) is 58.2 Å². The maximum Gasteiger partial charge on any atom is 0.228 e. The Hall–Kier alpha value is -2.69. The molecule has 0 bridgehead atoms. The molecule has 2 aromatic rings. The van der Waals surface area contributed by atoms with E-state index < -0.39 is 11.7 Å². The van der Waals surface area contributed by atoms with Crippen LogP contribution in [0.3, 0.4) is 0 Å². The second kappa shape index (κ2) is 5.74. The van der Waals surface area contributed by atoms with E-state index in [1.165, 1.54) is 17.7 Å². The van der Waals surface area contributed by atoms with Crippen LogP contribution in [0, 0.1) is 5.82 Å². The third-order valence-corrected chi connectivity index (χ3v) is 4.82. The van der Waals surface area contributed by atoms with Gasteiger partial charge in [0.15, 0.2) is 0 Å². The highest BCUT2D eigenvalue weighted by Crippen LogP contribution is 2.35. The lowest BCUT2D eigenvalue weighted by atomic mass is 9.89. The van der Waals surface area contributed by atoms with Crippen molar-refractivity contribution in [3.63, 3.8) is 0 Å². The van der Waals surface area contributed by atoms with Crippen LogP contribution in [-0.2, 0) is 16.0 Å². The molecule has 1 aliphatic heterocycles. The second-order valence-corrected chi connectivity index (χ2v) is 6.34. The van der Waals surface area contributed by atoms with Crippen molar-refractivity contribution in [3.8, 4) is 0 Å². The maximum absolute atomic E-state index is 13.4. The van der Waals surface area contributed by atoms with Crippen LogP contribution in [0.2, 0.25) is 0 Å². The number of aryl methyl sites for hydroxylation is 1. The minimum absolute atomic E-state index is 0.0254. The molecule has 0 saturated carbocycles. The van der Waals surface area contributed by atoms with Crippen molar-refractivity contribution in [1.82, 2.24) is 5.32 Å². The molecule has 4 rings (SSSR count). The predicted octanol–water partition coefficient (Wildman–Crippen LogP) is 3.06. The van der Waals surface area contributed by atoms with Crippen molar-refractivity contribution in [2.45, 2.75) is 31.2 Å². The summed E-state index contributed by atoms with van der Waals surface area (Å²) >= 11 is 0. The standard InChI is InChI=1S/C19H17FN2O2/c20-12-6-7-14-15(10-18(23)21-17(14)9-12)19(24)22-16-8-5-11-3-1-2-4-13(11)16/h1-4,6-7,9,15-16H,5,8,10H2,(H,21,23)(H,22,24). The number of halogens is 1. The summed E-state index contributed by atoms with van der Waals surface area (Å²) < 4.78 is 13.4. The van der Waals surface area contributed by atoms with Crippen LogP contribution in [0.4, 0.5) is 10.1 Å². The fraction of sp³-hybridized carbons (Fsp3) is 0.263. The van der Waals surface area contributed by atoms with Crippen molar-refractivity contribution >= 4 is 17.5 Å². The summed E-state index contributed by atoms with van der Waals surface area (Å²) in [6.07, 6.45) is 1.88. The van der Waals surface area contributed by atoms with Crippen molar-refractivity contribution < 1.29 is 14.0 Å². The van der Waals surface area contributed by atoms with E-state index in [-0.39, 0.29) is 24.3 Å². The van der Waals surface area contributed by atoms with Gasteiger partial charge in [0, 0.05) is 12.1 Å². The fourth-order valence-electron chi connectivity index (χ4n) is 3.65. The van der Waals surface area contributed by atoms with Gasteiger partial charge in [-0.25, -0.2) is 4.39 Å². The van der Waals surface area contributed by atoms with Gasteiger partial charge in [-0.2, -0.15) is 0 Å². The first-order valence-corrected chi connectivity index (χ1v) is 8.09. The Balaban J connectivity index is 1.59. The van der Waals surface area contributed by atoms with Gasteiger partial charge in [0.2, 0.25) is 11.8 Å². The first kappa shape index (κ1) is 14.9. The molecule has 122 valence electrons. The third-order valence-electron chi connectivity index (χ3n) is 4.82. The lowest BCUT2D eigenvalue weighted by molar-refractivity contribution is -0.126. The van der Waals surface area contributed by atoms with E-state index in [0.29, 0.717) is 11.3 Å². The highest BCUT2D eigenvalue weighted by molar-refractivity contribution is 6.01. The van der Waals surface area contributed by atoms with Gasteiger partial charge in [0.1, 0.15) is 5.82 Å². The van der Waals surface area contributed by atoms with Crippen LogP contribution < -0.4 is 10.6 Å². The largest absolute Gasteiger partial charge is 0.349 e. The summed E-state index contributed by atoms with van der Waals surface area (Å²) in [7, 11) is 0. The first-order valence-electron chi connectivity index (χ1n) is 8.09. The minimum Gasteiger partial charge on any atom is -0.349 e. The smallest absolute Gasteiger partial charge is 0.228 e. The molecule has 0 spiro atoms. The molecule has 2 atom stereocenters. The molecule has 1 aliphatic carbocycles. The fourth-order valence-corrected chi connectivity index (χ4v) is 3.65. The van der Waals surface area contributed by atoms with Gasteiger partial charge in [-0.15, -0.1) is 0 Å². The van der Waals surface area contributed by atoms with Crippen molar-refractivity contribution in [2.24, 2.45) is 0 Å². The number of fused-ring (bicyclic) bond motifs is 2. The van der Waals surface area contributed by atoms with Crippen LogP contribution in [0.25, 0.3) is 0 Å². The molecule has 2 amide bonds. The molecule has 2 aliphatic rings. The first-order chi connectivity index (χ1) is 11.6. The lowest BCUT2D eigenvalue weighted by Crippen LogP contribution is -2.36. The molecule has 4 nitrogen and oxygen atoms in total. The van der Waals surface area contributed by atoms with Gasteiger partial charge in [0.25, 0.3) is 0 Å². The molecular formula is C19H17FN2O2. The second-order valence-electron chi connectivity index (χ2n) is 6.34. The summed E-state index contributed by atoms with van der Waals surface area (Å²) in [5.74, 6) is -1.46. The Morgan fingerprint density at radius 1 is 1.17 bits per heavy atom. The molecular weight excluding hydrogens is 307 g/mol. The number of nitrogens with one attached hydrogen (secondary N) is 2. The SMILES string of the molecule is O=C1CC(C(=O)NC2CCc3ccccc32)c2ccc(F)cc2N1. The number of hydrogen-bond acceptors (Lipinski definition) is 2. The molecule has 2 N–H and O–H groups in total. The Morgan fingerprint density at radius 3 is 2.88 bits per heavy atom. The van der Waals surface area contributed by atoms with Gasteiger partial charge in [-0.3, -0.25) is 9.59 Å². The highest BCUT2D eigenvalue weighted by Gasteiger charge is 2.33. The molecule has 2 aromatic carbocycles. The predicted molar refractivity (Wildman–Crippen MR) is 88.0 cm³/mol. The number of hydrogen-bond donors (Lipinski definition) is 2. The summed E-state index contributed by atoms with van der Waals surface area (Å²) in [5, 5.41) is 5.70. The van der Waals surface area contributed by atoms with Gasteiger partial charge < -0.3 is 10.6 Å². The Kier molecular flexibility index (Phi) is 3.56. The molecule has 2 unspecified atom stereocenters. The van der Waals surface area contributed by atoms with E-state index in [1.54, 1.807) is 6.07 Å². The number of rotatable bonds is 2. The average molecular weight is 324 g/mol. The molecule has 0 fully saturated rings. The minimum atomic E-state index is -0.581. The van der Waals surface area contributed by atoms with Crippen LogP contribution in [0.5, 0.6) is 0 Å². The van der Waals surface area contributed by atoms with E-state index in [1.807, 2.05) is 18.2 Å². The van der Waals surface area contributed by atoms with Crippen LogP contribution in [-0.4, -0.2) is 11.8 Å². The normalized spacial score (nSPS) is 21.6. The molecule has 5 heteroatoms. The number of carbonyl (C=O) groups excluding carboxylic acids is 2. The van der Waals surface area contributed by atoms with Crippen LogP contribution >= 0.6 is 0 Å². The Labute approximate surface area is 139 Å². The van der Waals surface area contributed by atoms with E-state index >= 15 is 0 Å². The number of amides is 2. The maximum atomic E-state index is 13.4. The Bertz CT molecular complexity index is 834. The van der Waals surface area contributed by atoms with E-state index in [9.17, 15) is 14.0 Å². The van der Waals surface area contributed by atoms with Crippen LogP contribution in [0.15, 0.2) is 42.5 Å². The van der Waals surface area contributed by atoms with Crippen molar-refractivity contribution in [1.29, 1.82) is 0 Å². The van der Waals surface area contributed by atoms with E-state index in [0.717, 1.165) is 18.4 Å². The van der Waals surface area contributed by atoms with Crippen molar-refractivity contribution in [3.05, 3.63) is 65.0 Å². The molecule has 0 radical (unpaired) electrons. The monoisotopic (exact) mass is 324 g/mol. The Morgan fingerprint density at radius 2 is 2.00 bits per heavy atom. The van der Waals surface area contributed by atoms with E-state index in [2.05, 4.69) is 16.7 Å². The number of carbonyl (C=O) groups is 2. The van der Waals surface area contributed by atoms with Gasteiger partial charge in [-0.05, 0) is 41.7 Å². The number of anilines is 1. The van der Waals surface area contributed by atoms with Crippen molar-refractivity contribution in [2.75, 3.05) is 5.32 Å². The zero-order chi connectivity index (χ0) is 16.7. The highest BCUT2D eigenvalue weighted by atomic mass is 19.1. The van der Waals surface area contributed by atoms with E-state index in [4.69, 9.17) is 0 Å². The molecule has 24 heavy (non-hydrogen) atoms. The molecule has 0 aromatic heterocycles. The summed E-state index contributed by atoms with van der Waals surface area (Å²) in [6, 6.07) is 12.2. The van der Waals surface area contributed by atoms with Crippen LogP contribution in [0.1, 0.15) is 41.5 Å². The molecule has 1 heterocycles. The summed E-state index contributed by atoms with van der Waals surface area (Å²) in [6.45, 7) is 0. The lowest BCUT2D eigenvalue weighted by Gasteiger charge is -2.26. The van der Waals surface area contributed by atoms with Gasteiger partial charge in [-0.1, -0.05) is 30.3 Å². The summed E-state index contributed by atoms with van der Waals surface area (Å²) in [5.41, 5.74) is 3.45.